The molecular weight excluding hydrogens is 276 g/mol. The summed E-state index contributed by atoms with van der Waals surface area (Å²) >= 11 is 6.24. The molecule has 1 aliphatic heterocycles. The number of nitrogens with zero attached hydrogens (tertiary/aromatic N) is 1. The minimum absolute atomic E-state index is 0.00673. The van der Waals surface area contributed by atoms with Crippen molar-refractivity contribution in [3.63, 3.8) is 0 Å². The van der Waals surface area contributed by atoms with Gasteiger partial charge in [-0.2, -0.15) is 0 Å². The zero-order valence-electron chi connectivity index (χ0n) is 12.1. The molecule has 0 aliphatic carbocycles. The largest absolute Gasteiger partial charge is 0.492 e. The number of nitrogens with one attached hydrogen (secondary N) is 1. The van der Waals surface area contributed by atoms with E-state index < -0.39 is 0 Å². The Morgan fingerprint density at radius 2 is 2.35 bits per heavy atom. The molecule has 0 bridgehead atoms. The summed E-state index contributed by atoms with van der Waals surface area (Å²) in [5.41, 5.74) is 1.04. The van der Waals surface area contributed by atoms with E-state index in [-0.39, 0.29) is 12.6 Å². The quantitative estimate of drug-likeness (QED) is 0.873. The first-order valence-electron chi connectivity index (χ1n) is 7.16. The summed E-state index contributed by atoms with van der Waals surface area (Å²) in [6.45, 7) is 7.59. The van der Waals surface area contributed by atoms with Gasteiger partial charge in [0.05, 0.1) is 24.3 Å². The van der Waals surface area contributed by atoms with Gasteiger partial charge >= 0.3 is 0 Å². The first-order valence-corrected chi connectivity index (χ1v) is 7.54. The van der Waals surface area contributed by atoms with Crippen LogP contribution in [0, 0.1) is 0 Å². The van der Waals surface area contributed by atoms with Crippen LogP contribution in [0.1, 0.15) is 25.5 Å². The lowest BCUT2D eigenvalue weighted by Crippen LogP contribution is -2.50. The van der Waals surface area contributed by atoms with Crippen LogP contribution >= 0.6 is 11.6 Å². The third kappa shape index (κ3) is 3.64. The predicted octanol–water partition coefficient (Wildman–Crippen LogP) is 2.07. The average molecular weight is 299 g/mol. The lowest BCUT2D eigenvalue weighted by Gasteiger charge is -2.37. The molecule has 1 heterocycles. The highest BCUT2D eigenvalue weighted by molar-refractivity contribution is 6.32. The zero-order valence-corrected chi connectivity index (χ0v) is 12.9. The molecule has 1 aromatic rings. The Kier molecular flexibility index (Phi) is 5.66. The van der Waals surface area contributed by atoms with Crippen LogP contribution in [0.25, 0.3) is 0 Å². The number of aliphatic hydroxyl groups is 1. The van der Waals surface area contributed by atoms with Gasteiger partial charge in [-0.05, 0) is 31.5 Å². The van der Waals surface area contributed by atoms with Gasteiger partial charge in [-0.15, -0.1) is 0 Å². The van der Waals surface area contributed by atoms with Gasteiger partial charge in [0.1, 0.15) is 5.75 Å². The Hall–Kier alpha value is -0.810. The predicted molar refractivity (Wildman–Crippen MR) is 81.5 cm³/mol. The van der Waals surface area contributed by atoms with Crippen molar-refractivity contribution in [1.82, 2.24) is 10.2 Å². The second-order valence-corrected chi connectivity index (χ2v) is 5.58. The van der Waals surface area contributed by atoms with Crippen molar-refractivity contribution >= 4 is 11.6 Å². The summed E-state index contributed by atoms with van der Waals surface area (Å²) in [6.07, 6.45) is 0. The Morgan fingerprint density at radius 1 is 1.55 bits per heavy atom. The Bertz CT molecular complexity index is 442. The van der Waals surface area contributed by atoms with E-state index in [0.29, 0.717) is 23.4 Å². The molecule has 1 saturated heterocycles. The first kappa shape index (κ1) is 15.6. The Labute approximate surface area is 125 Å². The lowest BCUT2D eigenvalue weighted by atomic mass is 10.0. The van der Waals surface area contributed by atoms with E-state index >= 15 is 0 Å². The molecule has 2 N–H and O–H groups in total. The Morgan fingerprint density at radius 3 is 2.95 bits per heavy atom. The van der Waals surface area contributed by atoms with Crippen LogP contribution in [-0.2, 0) is 0 Å². The molecule has 1 aliphatic rings. The molecule has 4 nitrogen and oxygen atoms in total. The fourth-order valence-corrected chi connectivity index (χ4v) is 2.92. The number of rotatable bonds is 5. The summed E-state index contributed by atoms with van der Waals surface area (Å²) in [5, 5.41) is 13.8. The molecular formula is C15H23ClN2O2. The number of ether oxygens (including phenoxy) is 1. The topological polar surface area (TPSA) is 44.7 Å². The first-order chi connectivity index (χ1) is 9.65. The highest BCUT2D eigenvalue weighted by Gasteiger charge is 2.24. The molecule has 112 valence electrons. The van der Waals surface area contributed by atoms with E-state index in [1.54, 1.807) is 0 Å². The maximum Gasteiger partial charge on any atom is 0.137 e. The van der Waals surface area contributed by atoms with Gasteiger partial charge in [0.25, 0.3) is 0 Å². The van der Waals surface area contributed by atoms with E-state index in [2.05, 4.69) is 17.1 Å². The molecule has 0 amide bonds. The van der Waals surface area contributed by atoms with Crippen LogP contribution in [0.5, 0.6) is 5.75 Å². The Balaban J connectivity index is 2.16. The monoisotopic (exact) mass is 298 g/mol. The molecule has 2 rings (SSSR count). The van der Waals surface area contributed by atoms with Crippen LogP contribution in [0.3, 0.4) is 0 Å². The molecule has 1 fully saturated rings. The lowest BCUT2D eigenvalue weighted by molar-refractivity contribution is 0.0962. The standard InChI is InChI=1S/C15H23ClN2O2/c1-3-20-15-5-4-12(8-13(15)16)14(10-19)18-7-6-17-11(2)9-18/h4-5,8,11,14,17,19H,3,6-7,9-10H2,1-2H3. The van der Waals surface area contributed by atoms with E-state index in [1.807, 2.05) is 25.1 Å². The molecule has 2 atom stereocenters. The number of benzene rings is 1. The molecule has 0 saturated carbocycles. The SMILES string of the molecule is CCOc1ccc(C(CO)N2CCNC(C)C2)cc1Cl. The van der Waals surface area contributed by atoms with Crippen LogP contribution in [0.2, 0.25) is 5.02 Å². The van der Waals surface area contributed by atoms with Crippen molar-refractivity contribution in [2.75, 3.05) is 32.8 Å². The molecule has 2 unspecified atom stereocenters. The van der Waals surface area contributed by atoms with Crippen molar-refractivity contribution < 1.29 is 9.84 Å². The second-order valence-electron chi connectivity index (χ2n) is 5.17. The molecule has 0 aromatic heterocycles. The average Bonchev–Trinajstić information content (AvgIpc) is 2.43. The molecule has 0 radical (unpaired) electrons. The third-order valence-electron chi connectivity index (χ3n) is 3.65. The third-order valence-corrected chi connectivity index (χ3v) is 3.95. The van der Waals surface area contributed by atoms with Gasteiger partial charge in [-0.1, -0.05) is 17.7 Å². The van der Waals surface area contributed by atoms with Gasteiger partial charge in [0, 0.05) is 25.7 Å². The number of hydrogen-bond acceptors (Lipinski definition) is 4. The molecule has 5 heteroatoms. The van der Waals surface area contributed by atoms with Gasteiger partial charge in [0.15, 0.2) is 0 Å². The molecule has 1 aromatic carbocycles. The van der Waals surface area contributed by atoms with Gasteiger partial charge < -0.3 is 15.2 Å². The maximum absolute atomic E-state index is 9.75. The van der Waals surface area contributed by atoms with Crippen LogP contribution in [0.15, 0.2) is 18.2 Å². The van der Waals surface area contributed by atoms with E-state index in [1.165, 1.54) is 0 Å². The summed E-state index contributed by atoms with van der Waals surface area (Å²) < 4.78 is 5.45. The fraction of sp³-hybridized carbons (Fsp3) is 0.600. The van der Waals surface area contributed by atoms with E-state index in [4.69, 9.17) is 16.3 Å². The minimum Gasteiger partial charge on any atom is -0.492 e. The van der Waals surface area contributed by atoms with Crippen molar-refractivity contribution in [2.45, 2.75) is 25.9 Å². The van der Waals surface area contributed by atoms with Crippen LogP contribution < -0.4 is 10.1 Å². The molecule has 20 heavy (non-hydrogen) atoms. The van der Waals surface area contributed by atoms with Gasteiger partial charge in [-0.25, -0.2) is 0 Å². The van der Waals surface area contributed by atoms with Crippen molar-refractivity contribution in [1.29, 1.82) is 0 Å². The van der Waals surface area contributed by atoms with Gasteiger partial charge in [-0.3, -0.25) is 4.90 Å². The minimum atomic E-state index is -0.00673. The summed E-state index contributed by atoms with van der Waals surface area (Å²) in [6, 6.07) is 6.21. The summed E-state index contributed by atoms with van der Waals surface area (Å²) in [5.74, 6) is 0.697. The van der Waals surface area contributed by atoms with Gasteiger partial charge in [0.2, 0.25) is 0 Å². The smallest absolute Gasteiger partial charge is 0.137 e. The van der Waals surface area contributed by atoms with Crippen molar-refractivity contribution in [3.05, 3.63) is 28.8 Å². The van der Waals surface area contributed by atoms with Crippen molar-refractivity contribution in [2.24, 2.45) is 0 Å². The number of aliphatic hydroxyl groups excluding tert-OH is 1. The van der Waals surface area contributed by atoms with E-state index in [0.717, 1.165) is 25.2 Å². The number of halogens is 1. The fourth-order valence-electron chi connectivity index (χ4n) is 2.67. The van der Waals surface area contributed by atoms with Crippen LogP contribution in [-0.4, -0.2) is 48.9 Å². The van der Waals surface area contributed by atoms with E-state index in [9.17, 15) is 5.11 Å². The maximum atomic E-state index is 9.75. The van der Waals surface area contributed by atoms with Crippen LogP contribution in [0.4, 0.5) is 0 Å². The molecule has 0 spiro atoms. The zero-order chi connectivity index (χ0) is 14.5. The number of piperazine rings is 1. The second kappa shape index (κ2) is 7.27. The van der Waals surface area contributed by atoms with Crippen molar-refractivity contribution in [3.8, 4) is 5.75 Å². The highest BCUT2D eigenvalue weighted by atomic mass is 35.5. The normalized spacial score (nSPS) is 21.7. The number of hydrogen-bond donors (Lipinski definition) is 2. The summed E-state index contributed by atoms with van der Waals surface area (Å²) in [4.78, 5) is 2.30. The highest BCUT2D eigenvalue weighted by Crippen LogP contribution is 2.30. The summed E-state index contributed by atoms with van der Waals surface area (Å²) in [7, 11) is 0.